The Bertz CT molecular complexity index is 590. The average molecular weight is 276 g/mol. The molecule has 0 saturated heterocycles. The third kappa shape index (κ3) is 2.98. The lowest BCUT2D eigenvalue weighted by molar-refractivity contribution is 0.482. The second-order valence-corrected chi connectivity index (χ2v) is 4.79. The Hall–Kier alpha value is -1.63. The van der Waals surface area contributed by atoms with Crippen LogP contribution in [0.1, 0.15) is 5.56 Å². The first-order chi connectivity index (χ1) is 8.72. The first-order valence-electron chi connectivity index (χ1n) is 5.24. The number of thioether (sulfide) groups is 1. The number of halogens is 1. The van der Waals surface area contributed by atoms with E-state index in [0.717, 1.165) is 4.90 Å². The summed E-state index contributed by atoms with van der Waals surface area (Å²) in [5.74, 6) is 1.37. The van der Waals surface area contributed by atoms with Gasteiger partial charge in [0.15, 0.2) is 0 Å². The van der Waals surface area contributed by atoms with Crippen molar-refractivity contribution >= 4 is 23.4 Å². The molecule has 0 heterocycles. The Kier molecular flexibility index (Phi) is 4.14. The van der Waals surface area contributed by atoms with Crippen LogP contribution in [0.4, 0.5) is 0 Å². The van der Waals surface area contributed by atoms with Gasteiger partial charge < -0.3 is 4.74 Å². The third-order valence-electron chi connectivity index (χ3n) is 2.34. The maximum Gasteiger partial charge on any atom is 0.128 e. The van der Waals surface area contributed by atoms with E-state index >= 15 is 0 Å². The monoisotopic (exact) mass is 275 g/mol. The molecule has 0 spiro atoms. The summed E-state index contributed by atoms with van der Waals surface area (Å²) in [4.78, 5) is 1.02. The van der Waals surface area contributed by atoms with Gasteiger partial charge in [-0.25, -0.2) is 0 Å². The van der Waals surface area contributed by atoms with Crippen molar-refractivity contribution in [2.24, 2.45) is 0 Å². The fourth-order valence-electron chi connectivity index (χ4n) is 1.44. The number of benzene rings is 2. The van der Waals surface area contributed by atoms with E-state index in [4.69, 9.17) is 21.6 Å². The summed E-state index contributed by atoms with van der Waals surface area (Å²) in [7, 11) is 0. The Morgan fingerprint density at radius 2 is 1.78 bits per heavy atom. The fraction of sp³-hybridized carbons (Fsp3) is 0.0714. The summed E-state index contributed by atoms with van der Waals surface area (Å²) in [6, 6.07) is 14.6. The Morgan fingerprint density at radius 3 is 2.33 bits per heavy atom. The lowest BCUT2D eigenvalue weighted by Crippen LogP contribution is -1.85. The van der Waals surface area contributed by atoms with Crippen molar-refractivity contribution in [2.75, 3.05) is 6.26 Å². The summed E-state index contributed by atoms with van der Waals surface area (Å²) in [5.41, 5.74) is 0.609. The molecule has 0 aliphatic carbocycles. The first-order valence-corrected chi connectivity index (χ1v) is 6.85. The minimum absolute atomic E-state index is 0.609. The molecule has 0 N–H and O–H groups in total. The van der Waals surface area contributed by atoms with Gasteiger partial charge in [0, 0.05) is 11.0 Å². The van der Waals surface area contributed by atoms with Crippen LogP contribution in [0, 0.1) is 11.3 Å². The van der Waals surface area contributed by atoms with Crippen LogP contribution in [0.5, 0.6) is 11.5 Å². The highest BCUT2D eigenvalue weighted by molar-refractivity contribution is 7.98. The van der Waals surface area contributed by atoms with Crippen molar-refractivity contribution in [3.63, 3.8) is 0 Å². The first kappa shape index (κ1) is 12.8. The lowest BCUT2D eigenvalue weighted by atomic mass is 10.2. The topological polar surface area (TPSA) is 33.0 Å². The number of hydrogen-bond acceptors (Lipinski definition) is 3. The van der Waals surface area contributed by atoms with Crippen LogP contribution in [0.15, 0.2) is 47.4 Å². The van der Waals surface area contributed by atoms with E-state index in [1.54, 1.807) is 42.1 Å². The van der Waals surface area contributed by atoms with Crippen LogP contribution in [-0.4, -0.2) is 6.26 Å². The van der Waals surface area contributed by atoms with Crippen LogP contribution < -0.4 is 4.74 Å². The minimum atomic E-state index is 0.609. The van der Waals surface area contributed by atoms with Crippen molar-refractivity contribution in [1.29, 1.82) is 5.26 Å². The quantitative estimate of drug-likeness (QED) is 0.760. The summed E-state index contributed by atoms with van der Waals surface area (Å²) in [5, 5.41) is 9.38. The average Bonchev–Trinajstić information content (AvgIpc) is 2.40. The van der Waals surface area contributed by atoms with Gasteiger partial charge in [0.05, 0.1) is 16.7 Å². The second-order valence-electron chi connectivity index (χ2n) is 3.53. The highest BCUT2D eigenvalue weighted by Gasteiger charge is 2.03. The zero-order valence-electron chi connectivity index (χ0n) is 9.68. The van der Waals surface area contributed by atoms with Gasteiger partial charge in [0.2, 0.25) is 0 Å². The van der Waals surface area contributed by atoms with Gasteiger partial charge in [-0.05, 0) is 42.7 Å². The predicted molar refractivity (Wildman–Crippen MR) is 74.5 cm³/mol. The van der Waals surface area contributed by atoms with E-state index in [2.05, 4.69) is 6.07 Å². The molecule has 2 rings (SSSR count). The molecule has 18 heavy (non-hydrogen) atoms. The highest BCUT2D eigenvalue weighted by atomic mass is 35.5. The van der Waals surface area contributed by atoms with E-state index in [-0.39, 0.29) is 0 Å². The highest BCUT2D eigenvalue weighted by Crippen LogP contribution is 2.31. The molecular formula is C14H10ClNOS. The number of nitriles is 1. The van der Waals surface area contributed by atoms with Gasteiger partial charge >= 0.3 is 0 Å². The zero-order valence-corrected chi connectivity index (χ0v) is 11.3. The SMILES string of the molecule is CSc1ccc(Oc2ccc(C#N)cc2)cc1Cl. The fourth-order valence-corrected chi connectivity index (χ4v) is 2.30. The van der Waals surface area contributed by atoms with E-state index in [1.165, 1.54) is 0 Å². The van der Waals surface area contributed by atoms with E-state index in [9.17, 15) is 0 Å². The zero-order chi connectivity index (χ0) is 13.0. The normalized spacial score (nSPS) is 9.83. The van der Waals surface area contributed by atoms with Crippen LogP contribution in [0.3, 0.4) is 0 Å². The van der Waals surface area contributed by atoms with Gasteiger partial charge in [-0.1, -0.05) is 11.6 Å². The number of rotatable bonds is 3. The van der Waals surface area contributed by atoms with Crippen LogP contribution in [-0.2, 0) is 0 Å². The standard InChI is InChI=1S/C14H10ClNOS/c1-18-14-7-6-12(8-13(14)15)17-11-4-2-10(9-16)3-5-11/h2-8H,1H3. The molecule has 0 amide bonds. The van der Waals surface area contributed by atoms with Gasteiger partial charge in [-0.2, -0.15) is 5.26 Å². The molecule has 90 valence electrons. The molecule has 4 heteroatoms. The molecule has 2 aromatic carbocycles. The molecule has 0 atom stereocenters. The number of ether oxygens (including phenoxy) is 1. The number of nitrogens with zero attached hydrogens (tertiary/aromatic N) is 1. The Balaban J connectivity index is 2.18. The maximum atomic E-state index is 8.70. The molecule has 0 unspecified atom stereocenters. The van der Waals surface area contributed by atoms with Crippen molar-refractivity contribution in [3.8, 4) is 17.6 Å². The minimum Gasteiger partial charge on any atom is -0.457 e. The predicted octanol–water partition coefficient (Wildman–Crippen LogP) is 4.73. The van der Waals surface area contributed by atoms with Crippen molar-refractivity contribution in [2.45, 2.75) is 4.90 Å². The van der Waals surface area contributed by atoms with Crippen LogP contribution >= 0.6 is 23.4 Å². The van der Waals surface area contributed by atoms with Crippen molar-refractivity contribution < 1.29 is 4.74 Å². The number of hydrogen-bond donors (Lipinski definition) is 0. The smallest absolute Gasteiger partial charge is 0.128 e. The van der Waals surface area contributed by atoms with E-state index < -0.39 is 0 Å². The third-order valence-corrected chi connectivity index (χ3v) is 3.56. The van der Waals surface area contributed by atoms with Gasteiger partial charge in [-0.15, -0.1) is 11.8 Å². The van der Waals surface area contributed by atoms with Crippen LogP contribution in [0.2, 0.25) is 5.02 Å². The molecule has 0 saturated carbocycles. The molecule has 0 radical (unpaired) electrons. The van der Waals surface area contributed by atoms with Crippen LogP contribution in [0.25, 0.3) is 0 Å². The Labute approximate surface area is 115 Å². The second kappa shape index (κ2) is 5.81. The van der Waals surface area contributed by atoms with E-state index in [0.29, 0.717) is 22.1 Å². The van der Waals surface area contributed by atoms with Gasteiger partial charge in [-0.3, -0.25) is 0 Å². The summed E-state index contributed by atoms with van der Waals surface area (Å²) in [6.45, 7) is 0. The molecule has 2 aromatic rings. The summed E-state index contributed by atoms with van der Waals surface area (Å²) in [6.07, 6.45) is 1.97. The van der Waals surface area contributed by atoms with Gasteiger partial charge in [0.25, 0.3) is 0 Å². The lowest BCUT2D eigenvalue weighted by Gasteiger charge is -2.07. The molecule has 0 bridgehead atoms. The molecule has 2 nitrogen and oxygen atoms in total. The summed E-state index contributed by atoms with van der Waals surface area (Å²) < 4.78 is 5.66. The molecule has 0 aliphatic heterocycles. The maximum absolute atomic E-state index is 8.70. The van der Waals surface area contributed by atoms with Gasteiger partial charge in [0.1, 0.15) is 11.5 Å². The summed E-state index contributed by atoms with van der Waals surface area (Å²) >= 11 is 7.69. The molecule has 0 fully saturated rings. The largest absolute Gasteiger partial charge is 0.457 e. The van der Waals surface area contributed by atoms with Crippen molar-refractivity contribution in [1.82, 2.24) is 0 Å². The molecule has 0 aliphatic rings. The Morgan fingerprint density at radius 1 is 1.11 bits per heavy atom. The van der Waals surface area contributed by atoms with Crippen molar-refractivity contribution in [3.05, 3.63) is 53.1 Å². The van der Waals surface area contributed by atoms with E-state index in [1.807, 2.05) is 18.4 Å². The molecule has 0 aromatic heterocycles. The molecular weight excluding hydrogens is 266 g/mol.